The normalized spacial score (nSPS) is 13.0. The highest BCUT2D eigenvalue weighted by Gasteiger charge is 2.22. The van der Waals surface area contributed by atoms with Gasteiger partial charge < -0.3 is 25.6 Å². The third kappa shape index (κ3) is 9.33. The maximum absolute atomic E-state index is 12.2. The Kier molecular flexibility index (Phi) is 9.42. The van der Waals surface area contributed by atoms with Crippen molar-refractivity contribution in [3.63, 3.8) is 0 Å². The van der Waals surface area contributed by atoms with Crippen LogP contribution in [0.1, 0.15) is 43.9 Å². The Hall–Kier alpha value is -3.39. The summed E-state index contributed by atoms with van der Waals surface area (Å²) in [7, 11) is 0. The number of ether oxygens (including phenoxy) is 1. The van der Waals surface area contributed by atoms with Crippen molar-refractivity contribution >= 4 is 18.0 Å². The number of rotatable bonds is 10. The third-order valence-electron chi connectivity index (χ3n) is 5.01. The molecule has 8 heteroatoms. The van der Waals surface area contributed by atoms with E-state index in [2.05, 4.69) is 31.4 Å². The van der Waals surface area contributed by atoms with Crippen LogP contribution in [0.25, 0.3) is 0 Å². The van der Waals surface area contributed by atoms with Crippen LogP contribution in [0.3, 0.4) is 0 Å². The zero-order valence-electron chi connectivity index (χ0n) is 19.2. The number of amides is 2. The molecule has 0 aliphatic heterocycles. The van der Waals surface area contributed by atoms with E-state index in [9.17, 15) is 24.6 Å². The molecule has 0 heterocycles. The van der Waals surface area contributed by atoms with E-state index in [1.54, 1.807) is 0 Å². The molecule has 0 spiro atoms. The van der Waals surface area contributed by atoms with Crippen LogP contribution in [0, 0.1) is 0 Å². The largest absolute Gasteiger partial charge is 0.480 e. The van der Waals surface area contributed by atoms with Gasteiger partial charge in [-0.25, -0.2) is 9.59 Å². The van der Waals surface area contributed by atoms with Crippen LogP contribution in [0.4, 0.5) is 4.79 Å². The zero-order valence-corrected chi connectivity index (χ0v) is 19.2. The summed E-state index contributed by atoms with van der Waals surface area (Å²) in [6, 6.07) is 15.6. The average Bonchev–Trinajstić information content (AvgIpc) is 2.76. The molecule has 8 nitrogen and oxygen atoms in total. The van der Waals surface area contributed by atoms with Gasteiger partial charge in [-0.15, -0.1) is 0 Å². The number of alkyl carbamates (subject to hydrolysis) is 1. The Morgan fingerprint density at radius 3 is 2.18 bits per heavy atom. The maximum atomic E-state index is 12.2. The van der Waals surface area contributed by atoms with Crippen molar-refractivity contribution in [2.45, 2.75) is 57.8 Å². The number of aliphatic hydroxyl groups excluding tert-OH is 1. The molecule has 4 N–H and O–H groups in total. The van der Waals surface area contributed by atoms with Crippen LogP contribution < -0.4 is 10.6 Å². The highest BCUT2D eigenvalue weighted by Crippen LogP contribution is 2.22. The fourth-order valence-corrected chi connectivity index (χ4v) is 3.09. The van der Waals surface area contributed by atoms with Crippen LogP contribution in [0.2, 0.25) is 0 Å². The SMILES string of the molecule is CC(C)(C)c1ccc(C[C@@H](NC(=O)C[C@H](O)CNC(=O)OCc2ccccc2)C(=O)O)cc1. The van der Waals surface area contributed by atoms with Crippen molar-refractivity contribution < 1.29 is 29.3 Å². The maximum Gasteiger partial charge on any atom is 0.407 e. The number of carbonyl (C=O) groups excluding carboxylic acids is 2. The summed E-state index contributed by atoms with van der Waals surface area (Å²) in [6.07, 6.45) is -2.15. The van der Waals surface area contributed by atoms with E-state index in [1.165, 1.54) is 0 Å². The summed E-state index contributed by atoms with van der Waals surface area (Å²) in [5.41, 5.74) is 2.70. The highest BCUT2D eigenvalue weighted by molar-refractivity contribution is 5.84. The van der Waals surface area contributed by atoms with E-state index in [4.69, 9.17) is 4.74 Å². The van der Waals surface area contributed by atoms with Gasteiger partial charge in [-0.1, -0.05) is 75.4 Å². The Bertz CT molecular complexity index is 922. The van der Waals surface area contributed by atoms with E-state index < -0.39 is 30.1 Å². The molecule has 33 heavy (non-hydrogen) atoms. The number of carbonyl (C=O) groups is 3. The topological polar surface area (TPSA) is 125 Å². The predicted molar refractivity (Wildman–Crippen MR) is 124 cm³/mol. The molecular formula is C25H32N2O6. The molecule has 0 unspecified atom stereocenters. The van der Waals surface area contributed by atoms with Gasteiger partial charge in [0.2, 0.25) is 5.91 Å². The number of aliphatic carboxylic acids is 1. The number of aliphatic hydroxyl groups is 1. The molecule has 0 bridgehead atoms. The molecule has 0 aliphatic rings. The fraction of sp³-hybridized carbons (Fsp3) is 0.400. The summed E-state index contributed by atoms with van der Waals surface area (Å²) in [5.74, 6) is -1.79. The molecule has 0 aromatic heterocycles. The molecule has 0 radical (unpaired) electrons. The molecular weight excluding hydrogens is 424 g/mol. The Morgan fingerprint density at radius 2 is 1.61 bits per heavy atom. The number of carboxylic acid groups (broad SMARTS) is 1. The Balaban J connectivity index is 1.77. The molecule has 2 atom stereocenters. The van der Waals surface area contributed by atoms with E-state index in [0.717, 1.165) is 16.7 Å². The Morgan fingerprint density at radius 1 is 0.970 bits per heavy atom. The second-order valence-corrected chi connectivity index (χ2v) is 8.91. The lowest BCUT2D eigenvalue weighted by molar-refractivity contribution is -0.142. The minimum Gasteiger partial charge on any atom is -0.480 e. The summed E-state index contributed by atoms with van der Waals surface area (Å²) < 4.78 is 5.04. The zero-order chi connectivity index (χ0) is 24.4. The van der Waals surface area contributed by atoms with Crippen molar-refractivity contribution in [3.05, 3.63) is 71.3 Å². The van der Waals surface area contributed by atoms with E-state index in [1.807, 2.05) is 54.6 Å². The first-order valence-electron chi connectivity index (χ1n) is 10.8. The average molecular weight is 457 g/mol. The first kappa shape index (κ1) is 25.9. The van der Waals surface area contributed by atoms with Gasteiger partial charge in [0.15, 0.2) is 0 Å². The van der Waals surface area contributed by atoms with Gasteiger partial charge in [0.05, 0.1) is 12.5 Å². The first-order valence-corrected chi connectivity index (χ1v) is 10.8. The standard InChI is InChI=1S/C25H32N2O6/c1-25(2,3)19-11-9-17(10-12-19)13-21(23(30)31)27-22(29)14-20(28)15-26-24(32)33-16-18-7-5-4-6-8-18/h4-12,20-21,28H,13-16H2,1-3H3,(H,26,32)(H,27,29)(H,30,31)/t20-,21+/m0/s1. The van der Waals surface area contributed by atoms with Crippen LogP contribution in [0.15, 0.2) is 54.6 Å². The van der Waals surface area contributed by atoms with E-state index >= 15 is 0 Å². The van der Waals surface area contributed by atoms with Crippen LogP contribution in [-0.2, 0) is 32.8 Å². The summed E-state index contributed by atoms with van der Waals surface area (Å²) in [5, 5.41) is 24.3. The van der Waals surface area contributed by atoms with Crippen LogP contribution in [0.5, 0.6) is 0 Å². The second-order valence-electron chi connectivity index (χ2n) is 8.91. The highest BCUT2D eigenvalue weighted by atomic mass is 16.5. The summed E-state index contributed by atoms with van der Waals surface area (Å²) in [6.45, 7) is 6.15. The van der Waals surface area contributed by atoms with Crippen molar-refractivity contribution in [3.8, 4) is 0 Å². The predicted octanol–water partition coefficient (Wildman–Crippen LogP) is 2.77. The lowest BCUT2D eigenvalue weighted by atomic mass is 9.86. The van der Waals surface area contributed by atoms with E-state index in [0.29, 0.717) is 0 Å². The number of hydrogen-bond donors (Lipinski definition) is 4. The van der Waals surface area contributed by atoms with Gasteiger partial charge in [-0.05, 0) is 22.1 Å². The molecule has 0 saturated heterocycles. The monoisotopic (exact) mass is 456 g/mol. The van der Waals surface area contributed by atoms with Crippen molar-refractivity contribution in [2.75, 3.05) is 6.54 Å². The number of hydrogen-bond acceptors (Lipinski definition) is 5. The van der Waals surface area contributed by atoms with Gasteiger partial charge in [-0.3, -0.25) is 4.79 Å². The Labute approximate surface area is 194 Å². The fourth-order valence-electron chi connectivity index (χ4n) is 3.09. The lowest BCUT2D eigenvalue weighted by Crippen LogP contribution is -2.44. The van der Waals surface area contributed by atoms with Gasteiger partial charge >= 0.3 is 12.1 Å². The smallest absolute Gasteiger partial charge is 0.407 e. The van der Waals surface area contributed by atoms with Crippen molar-refractivity contribution in [1.29, 1.82) is 0 Å². The lowest BCUT2D eigenvalue weighted by Gasteiger charge is -2.20. The summed E-state index contributed by atoms with van der Waals surface area (Å²) in [4.78, 5) is 35.6. The number of carboxylic acids is 1. The molecule has 178 valence electrons. The molecule has 0 saturated carbocycles. The molecule has 2 rings (SSSR count). The third-order valence-corrected chi connectivity index (χ3v) is 5.01. The minimum absolute atomic E-state index is 0.0168. The van der Waals surface area contributed by atoms with Crippen LogP contribution >= 0.6 is 0 Å². The van der Waals surface area contributed by atoms with Gasteiger partial charge in [-0.2, -0.15) is 0 Å². The molecule has 2 aromatic carbocycles. The molecule has 2 amide bonds. The van der Waals surface area contributed by atoms with Gasteiger partial charge in [0.1, 0.15) is 12.6 Å². The van der Waals surface area contributed by atoms with Crippen molar-refractivity contribution in [2.24, 2.45) is 0 Å². The summed E-state index contributed by atoms with van der Waals surface area (Å²) >= 11 is 0. The molecule has 0 aliphatic carbocycles. The minimum atomic E-state index is -1.19. The van der Waals surface area contributed by atoms with E-state index in [-0.39, 0.29) is 31.4 Å². The van der Waals surface area contributed by atoms with Gasteiger partial charge in [0, 0.05) is 13.0 Å². The first-order chi connectivity index (χ1) is 15.5. The number of benzene rings is 2. The quantitative estimate of drug-likeness (QED) is 0.436. The van der Waals surface area contributed by atoms with Crippen LogP contribution in [-0.4, -0.2) is 46.9 Å². The molecule has 2 aromatic rings. The van der Waals surface area contributed by atoms with Gasteiger partial charge in [0.25, 0.3) is 0 Å². The molecule has 0 fully saturated rings. The van der Waals surface area contributed by atoms with Crippen molar-refractivity contribution in [1.82, 2.24) is 10.6 Å². The second kappa shape index (κ2) is 12.0. The number of nitrogens with one attached hydrogen (secondary N) is 2.